The van der Waals surface area contributed by atoms with Crippen molar-refractivity contribution in [1.82, 2.24) is 0 Å². The maximum atomic E-state index is 12.0. The van der Waals surface area contributed by atoms with Gasteiger partial charge in [-0.3, -0.25) is 4.79 Å². The normalized spacial score (nSPS) is 11.8. The van der Waals surface area contributed by atoms with Crippen LogP contribution in [0.5, 0.6) is 5.75 Å². The fraction of sp³-hybridized carbons (Fsp3) is 0.111. The third-order valence-corrected chi connectivity index (χ3v) is 2.99. The highest BCUT2D eigenvalue weighted by Gasteiger charge is 2.15. The van der Waals surface area contributed by atoms with Crippen LogP contribution >= 0.6 is 0 Å². The number of carbonyl (C=O) groups excluding carboxylic acids is 1. The molecule has 4 nitrogen and oxygen atoms in total. The van der Waals surface area contributed by atoms with Gasteiger partial charge in [-0.05, 0) is 25.5 Å². The lowest BCUT2D eigenvalue weighted by Crippen LogP contribution is -2.13. The fourth-order valence-electron chi connectivity index (χ4n) is 1.97. The Morgan fingerprint density at radius 1 is 1.18 bits per heavy atom. The van der Waals surface area contributed by atoms with Crippen LogP contribution < -0.4 is 5.63 Å². The Morgan fingerprint density at radius 2 is 1.86 bits per heavy atom. The van der Waals surface area contributed by atoms with E-state index in [0.717, 1.165) is 11.1 Å². The molecule has 0 radical (unpaired) electrons. The number of hydrogen-bond acceptors (Lipinski definition) is 4. The second-order valence-electron chi connectivity index (χ2n) is 4.90. The number of ketones is 1. The number of hydrogen-bond donors (Lipinski definition) is 1. The van der Waals surface area contributed by atoms with Gasteiger partial charge in [0.1, 0.15) is 17.1 Å². The number of carbonyl (C=O) groups is 1. The summed E-state index contributed by atoms with van der Waals surface area (Å²) in [4.78, 5) is 23.7. The molecule has 0 bridgehead atoms. The molecule has 4 heteroatoms. The molecule has 0 aliphatic rings. The Kier molecular flexibility index (Phi) is 4.73. The minimum atomic E-state index is -0.836. The van der Waals surface area contributed by atoms with Gasteiger partial charge in [-0.1, -0.05) is 48.1 Å². The van der Waals surface area contributed by atoms with Gasteiger partial charge >= 0.3 is 5.63 Å². The minimum Gasteiger partial charge on any atom is -0.507 e. The van der Waals surface area contributed by atoms with Gasteiger partial charge in [0.2, 0.25) is 0 Å². The molecule has 0 saturated heterocycles. The Labute approximate surface area is 128 Å². The molecule has 22 heavy (non-hydrogen) atoms. The van der Waals surface area contributed by atoms with Crippen molar-refractivity contribution >= 4 is 11.9 Å². The highest BCUT2D eigenvalue weighted by atomic mass is 16.4. The molecular weight excluding hydrogens is 280 g/mol. The first kappa shape index (κ1) is 15.5. The summed E-state index contributed by atoms with van der Waals surface area (Å²) < 4.78 is 4.83. The zero-order chi connectivity index (χ0) is 16.1. The van der Waals surface area contributed by atoms with E-state index in [0.29, 0.717) is 0 Å². The smallest absolute Gasteiger partial charge is 0.351 e. The third kappa shape index (κ3) is 3.82. The van der Waals surface area contributed by atoms with Crippen molar-refractivity contribution in [3.05, 3.63) is 81.4 Å². The topological polar surface area (TPSA) is 67.5 Å². The van der Waals surface area contributed by atoms with Crippen LogP contribution in [0.25, 0.3) is 6.08 Å². The summed E-state index contributed by atoms with van der Waals surface area (Å²) in [6, 6.07) is 10.9. The van der Waals surface area contributed by atoms with Crippen LogP contribution in [0.15, 0.2) is 63.3 Å². The summed E-state index contributed by atoms with van der Waals surface area (Å²) in [5.41, 5.74) is 0.663. The number of aromatic hydroxyl groups is 1. The molecule has 0 aliphatic carbocycles. The van der Waals surface area contributed by atoms with Crippen LogP contribution in [0.4, 0.5) is 0 Å². The van der Waals surface area contributed by atoms with Gasteiger partial charge in [0.05, 0.1) is 0 Å². The Bertz CT molecular complexity index is 796. The molecule has 2 aromatic rings. The molecular formula is C18H16O4. The van der Waals surface area contributed by atoms with Crippen molar-refractivity contribution in [3.8, 4) is 5.75 Å². The molecule has 0 fully saturated rings. The van der Waals surface area contributed by atoms with E-state index < -0.39 is 11.4 Å². The first-order valence-corrected chi connectivity index (χ1v) is 6.77. The SMILES string of the molecule is CC(C=CC(=O)c1c(O)cc(C)oc1=O)=Cc1ccccc1. The average molecular weight is 296 g/mol. The maximum Gasteiger partial charge on any atom is 0.351 e. The van der Waals surface area contributed by atoms with Gasteiger partial charge in [0.25, 0.3) is 0 Å². The van der Waals surface area contributed by atoms with Crippen LogP contribution in [0.3, 0.4) is 0 Å². The second kappa shape index (κ2) is 6.72. The first-order chi connectivity index (χ1) is 10.5. The molecule has 0 saturated carbocycles. The average Bonchev–Trinajstić information content (AvgIpc) is 2.45. The van der Waals surface area contributed by atoms with Crippen molar-refractivity contribution in [2.24, 2.45) is 0 Å². The van der Waals surface area contributed by atoms with Gasteiger partial charge < -0.3 is 9.52 Å². The molecule has 112 valence electrons. The third-order valence-electron chi connectivity index (χ3n) is 2.99. The predicted octanol–water partition coefficient (Wildman–Crippen LogP) is 3.50. The lowest BCUT2D eigenvalue weighted by molar-refractivity contribution is 0.104. The summed E-state index contributed by atoms with van der Waals surface area (Å²) >= 11 is 0. The monoisotopic (exact) mass is 296 g/mol. The van der Waals surface area contributed by atoms with Gasteiger partial charge in [-0.25, -0.2) is 4.79 Å². The molecule has 2 rings (SSSR count). The lowest BCUT2D eigenvalue weighted by Gasteiger charge is -2.00. The molecule has 0 unspecified atom stereocenters. The quantitative estimate of drug-likeness (QED) is 0.532. The Hall–Kier alpha value is -2.88. The molecule has 0 amide bonds. The molecule has 1 aromatic heterocycles. The van der Waals surface area contributed by atoms with E-state index >= 15 is 0 Å². The molecule has 1 N–H and O–H groups in total. The second-order valence-corrected chi connectivity index (χ2v) is 4.90. The van der Waals surface area contributed by atoms with Gasteiger partial charge in [0.15, 0.2) is 5.78 Å². The van der Waals surface area contributed by atoms with Gasteiger partial charge in [-0.2, -0.15) is 0 Å². The zero-order valence-corrected chi connectivity index (χ0v) is 12.4. The van der Waals surface area contributed by atoms with Crippen molar-refractivity contribution < 1.29 is 14.3 Å². The Morgan fingerprint density at radius 3 is 2.50 bits per heavy atom. The highest BCUT2D eigenvalue weighted by Crippen LogP contribution is 2.16. The van der Waals surface area contributed by atoms with E-state index in [9.17, 15) is 14.7 Å². The molecule has 1 aromatic carbocycles. The van der Waals surface area contributed by atoms with Crippen LogP contribution in [0.2, 0.25) is 0 Å². The predicted molar refractivity (Wildman–Crippen MR) is 84.9 cm³/mol. The standard InChI is InChI=1S/C18H16O4/c1-12(10-14-6-4-3-5-7-14)8-9-15(19)17-16(20)11-13(2)22-18(17)21/h3-11,20H,1-2H3. The van der Waals surface area contributed by atoms with Crippen molar-refractivity contribution in [2.75, 3.05) is 0 Å². The van der Waals surface area contributed by atoms with E-state index in [1.165, 1.54) is 19.1 Å². The van der Waals surface area contributed by atoms with Crippen molar-refractivity contribution in [2.45, 2.75) is 13.8 Å². The highest BCUT2D eigenvalue weighted by molar-refractivity contribution is 6.06. The van der Waals surface area contributed by atoms with Crippen LogP contribution in [0, 0.1) is 6.92 Å². The minimum absolute atomic E-state index is 0.253. The van der Waals surface area contributed by atoms with Crippen LogP contribution in [0.1, 0.15) is 28.6 Å². The Balaban J connectivity index is 2.22. The number of allylic oxidation sites excluding steroid dienone is 3. The lowest BCUT2D eigenvalue weighted by atomic mass is 10.1. The van der Waals surface area contributed by atoms with Gasteiger partial charge in [0, 0.05) is 6.07 Å². The summed E-state index contributed by atoms with van der Waals surface area (Å²) in [5.74, 6) is -0.705. The first-order valence-electron chi connectivity index (χ1n) is 6.77. The summed E-state index contributed by atoms with van der Waals surface area (Å²) in [6.07, 6.45) is 4.74. The zero-order valence-electron chi connectivity index (χ0n) is 12.4. The van der Waals surface area contributed by atoms with E-state index in [4.69, 9.17) is 4.42 Å². The fourth-order valence-corrected chi connectivity index (χ4v) is 1.97. The number of rotatable bonds is 4. The van der Waals surface area contributed by atoms with Crippen molar-refractivity contribution in [3.63, 3.8) is 0 Å². The largest absolute Gasteiger partial charge is 0.507 e. The van der Waals surface area contributed by atoms with Crippen molar-refractivity contribution in [1.29, 1.82) is 0 Å². The van der Waals surface area contributed by atoms with Crippen LogP contribution in [-0.2, 0) is 0 Å². The maximum absolute atomic E-state index is 12.0. The van der Waals surface area contributed by atoms with E-state index in [1.54, 1.807) is 6.08 Å². The molecule has 1 heterocycles. The molecule has 0 spiro atoms. The van der Waals surface area contributed by atoms with Crippen LogP contribution in [-0.4, -0.2) is 10.9 Å². The summed E-state index contributed by atoms with van der Waals surface area (Å²) in [7, 11) is 0. The van der Waals surface area contributed by atoms with E-state index in [-0.39, 0.29) is 17.1 Å². The van der Waals surface area contributed by atoms with E-state index in [2.05, 4.69) is 0 Å². The van der Waals surface area contributed by atoms with Gasteiger partial charge in [-0.15, -0.1) is 0 Å². The number of aryl methyl sites for hydroxylation is 1. The summed E-state index contributed by atoms with van der Waals surface area (Å²) in [5, 5.41) is 9.71. The number of benzene rings is 1. The summed E-state index contributed by atoms with van der Waals surface area (Å²) in [6.45, 7) is 3.37. The molecule has 0 aliphatic heterocycles. The van der Waals surface area contributed by atoms with E-state index in [1.807, 2.05) is 43.3 Å². The molecule has 0 atom stereocenters.